The lowest BCUT2D eigenvalue weighted by Crippen LogP contribution is -2.42. The van der Waals surface area contributed by atoms with Crippen LogP contribution in [-0.2, 0) is 19.5 Å². The third-order valence-corrected chi connectivity index (χ3v) is 6.88. The van der Waals surface area contributed by atoms with Gasteiger partial charge in [-0.2, -0.15) is 0 Å². The number of hydrogen-bond acceptors (Lipinski definition) is 5. The lowest BCUT2D eigenvalue weighted by atomic mass is 9.97. The van der Waals surface area contributed by atoms with Crippen molar-refractivity contribution in [3.8, 4) is 0 Å². The number of hydrogen-bond donors (Lipinski definition) is 2. The third-order valence-electron chi connectivity index (χ3n) is 4.89. The number of rotatable bonds is 8. The molecule has 1 saturated heterocycles. The second-order valence-electron chi connectivity index (χ2n) is 6.95. The number of thiophene rings is 1. The molecule has 0 radical (unpaired) electrons. The molecule has 27 heavy (non-hydrogen) atoms. The molecule has 5 nitrogen and oxygen atoms in total. The van der Waals surface area contributed by atoms with Crippen LogP contribution in [0.5, 0.6) is 0 Å². The molecule has 3 rings (SSSR count). The van der Waals surface area contributed by atoms with E-state index in [-0.39, 0.29) is 0 Å². The first-order chi connectivity index (χ1) is 13.3. The van der Waals surface area contributed by atoms with Gasteiger partial charge in [0, 0.05) is 35.6 Å². The fraction of sp³-hybridized carbons (Fsp3) is 0.600. The predicted octanol–water partition coefficient (Wildman–Crippen LogP) is 3.73. The molecular formula is C20H31N5S2. The van der Waals surface area contributed by atoms with Gasteiger partial charge >= 0.3 is 0 Å². The van der Waals surface area contributed by atoms with Crippen LogP contribution < -0.4 is 10.6 Å². The average Bonchev–Trinajstić information content (AvgIpc) is 3.37. The Morgan fingerprint density at radius 2 is 2.11 bits per heavy atom. The summed E-state index contributed by atoms with van der Waals surface area (Å²) in [4.78, 5) is 14.6. The van der Waals surface area contributed by atoms with Crippen LogP contribution in [0.3, 0.4) is 0 Å². The second-order valence-corrected chi connectivity index (χ2v) is 9.18. The van der Waals surface area contributed by atoms with Crippen LogP contribution in [0.25, 0.3) is 0 Å². The van der Waals surface area contributed by atoms with Crippen molar-refractivity contribution in [2.24, 2.45) is 10.9 Å². The van der Waals surface area contributed by atoms with E-state index in [9.17, 15) is 0 Å². The highest BCUT2D eigenvalue weighted by atomic mass is 32.1. The first kappa shape index (κ1) is 20.3. The minimum absolute atomic E-state index is 0.652. The van der Waals surface area contributed by atoms with Crippen LogP contribution in [-0.4, -0.2) is 42.0 Å². The van der Waals surface area contributed by atoms with Gasteiger partial charge in [-0.25, -0.2) is 9.98 Å². The molecule has 2 aromatic heterocycles. The zero-order valence-corrected chi connectivity index (χ0v) is 18.0. The number of aliphatic imine (C=N–C) groups is 1. The van der Waals surface area contributed by atoms with E-state index in [4.69, 9.17) is 4.99 Å². The predicted molar refractivity (Wildman–Crippen MR) is 117 cm³/mol. The summed E-state index contributed by atoms with van der Waals surface area (Å²) in [6.45, 7) is 10.3. The Kier molecular flexibility index (Phi) is 8.10. The van der Waals surface area contributed by atoms with Gasteiger partial charge in [-0.3, -0.25) is 4.90 Å². The Balaban J connectivity index is 1.42. The van der Waals surface area contributed by atoms with Gasteiger partial charge < -0.3 is 10.6 Å². The molecule has 0 bridgehead atoms. The maximum Gasteiger partial charge on any atom is 0.191 e. The van der Waals surface area contributed by atoms with Crippen molar-refractivity contribution in [2.75, 3.05) is 26.2 Å². The fourth-order valence-corrected chi connectivity index (χ4v) is 4.82. The fourth-order valence-electron chi connectivity index (χ4n) is 3.29. The van der Waals surface area contributed by atoms with Gasteiger partial charge in [-0.05, 0) is 56.6 Å². The van der Waals surface area contributed by atoms with E-state index in [2.05, 4.69) is 51.9 Å². The molecule has 0 saturated carbocycles. The molecule has 3 heterocycles. The lowest BCUT2D eigenvalue weighted by Gasteiger charge is -2.32. The van der Waals surface area contributed by atoms with E-state index in [1.807, 2.05) is 17.5 Å². The monoisotopic (exact) mass is 405 g/mol. The van der Waals surface area contributed by atoms with Crippen molar-refractivity contribution in [3.63, 3.8) is 0 Å². The van der Waals surface area contributed by atoms with Crippen molar-refractivity contribution in [3.05, 3.63) is 38.5 Å². The molecule has 1 fully saturated rings. The summed E-state index contributed by atoms with van der Waals surface area (Å²) in [5.74, 6) is 1.63. The molecule has 0 amide bonds. The molecular weight excluding hydrogens is 374 g/mol. The number of thiazole rings is 1. The highest BCUT2D eigenvalue weighted by molar-refractivity contribution is 7.11. The Hall–Kier alpha value is -1.44. The molecule has 0 aromatic carbocycles. The molecule has 2 aromatic rings. The van der Waals surface area contributed by atoms with Crippen LogP contribution in [0, 0.1) is 5.92 Å². The smallest absolute Gasteiger partial charge is 0.191 e. The summed E-state index contributed by atoms with van der Waals surface area (Å²) in [5, 5.41) is 10.2. The number of likely N-dealkylation sites (tertiary alicyclic amines) is 1. The van der Waals surface area contributed by atoms with E-state index in [0.717, 1.165) is 42.9 Å². The van der Waals surface area contributed by atoms with Crippen molar-refractivity contribution in [1.29, 1.82) is 0 Å². The number of nitrogens with one attached hydrogen (secondary N) is 2. The first-order valence-corrected chi connectivity index (χ1v) is 11.7. The van der Waals surface area contributed by atoms with E-state index < -0.39 is 0 Å². The molecule has 0 aliphatic carbocycles. The molecule has 1 aliphatic heterocycles. The zero-order valence-electron chi connectivity index (χ0n) is 16.4. The van der Waals surface area contributed by atoms with Gasteiger partial charge in [0.2, 0.25) is 0 Å². The van der Waals surface area contributed by atoms with E-state index in [0.29, 0.717) is 6.54 Å². The van der Waals surface area contributed by atoms with Crippen molar-refractivity contribution >= 4 is 28.6 Å². The molecule has 0 atom stereocenters. The maximum atomic E-state index is 4.71. The van der Waals surface area contributed by atoms with Crippen molar-refractivity contribution < 1.29 is 0 Å². The highest BCUT2D eigenvalue weighted by Crippen LogP contribution is 2.20. The van der Waals surface area contributed by atoms with E-state index >= 15 is 0 Å². The Morgan fingerprint density at radius 1 is 1.26 bits per heavy atom. The van der Waals surface area contributed by atoms with Crippen LogP contribution in [0.15, 0.2) is 28.7 Å². The summed E-state index contributed by atoms with van der Waals surface area (Å²) in [6.07, 6.45) is 5.53. The number of aromatic nitrogens is 1. The standard InChI is InChI=1S/C20H31N5S2/c1-3-17-13-22-19(27-17)14-24-20(21-4-2)23-12-16-7-9-25(10-8-16)15-18-6-5-11-26-18/h5-6,11,13,16H,3-4,7-10,12,14-15H2,1-2H3,(H2,21,23,24). The summed E-state index contributed by atoms with van der Waals surface area (Å²) in [5.41, 5.74) is 0. The van der Waals surface area contributed by atoms with Crippen LogP contribution in [0.1, 0.15) is 41.5 Å². The lowest BCUT2D eigenvalue weighted by molar-refractivity contribution is 0.179. The van der Waals surface area contributed by atoms with Gasteiger partial charge in [0.1, 0.15) is 5.01 Å². The van der Waals surface area contributed by atoms with Gasteiger partial charge in [0.25, 0.3) is 0 Å². The SMILES string of the molecule is CCNC(=NCc1ncc(CC)s1)NCC1CCN(Cc2cccs2)CC1. The largest absolute Gasteiger partial charge is 0.357 e. The normalized spacial score (nSPS) is 16.6. The minimum Gasteiger partial charge on any atom is -0.357 e. The van der Waals surface area contributed by atoms with Crippen LogP contribution in [0.2, 0.25) is 0 Å². The molecule has 148 valence electrons. The number of guanidine groups is 1. The topological polar surface area (TPSA) is 52.6 Å². The molecule has 0 unspecified atom stereocenters. The number of aryl methyl sites for hydroxylation is 1. The van der Waals surface area contributed by atoms with Crippen molar-refractivity contribution in [1.82, 2.24) is 20.5 Å². The Morgan fingerprint density at radius 3 is 2.78 bits per heavy atom. The van der Waals surface area contributed by atoms with E-state index in [1.165, 1.54) is 35.7 Å². The second kappa shape index (κ2) is 10.8. The maximum absolute atomic E-state index is 4.71. The molecule has 2 N–H and O–H groups in total. The van der Waals surface area contributed by atoms with Crippen LogP contribution >= 0.6 is 22.7 Å². The quantitative estimate of drug-likeness (QED) is 0.519. The number of nitrogens with zero attached hydrogens (tertiary/aromatic N) is 3. The van der Waals surface area contributed by atoms with Crippen LogP contribution in [0.4, 0.5) is 0 Å². The molecule has 0 spiro atoms. The molecule has 1 aliphatic rings. The summed E-state index contributed by atoms with van der Waals surface area (Å²) in [6, 6.07) is 4.39. The average molecular weight is 406 g/mol. The van der Waals surface area contributed by atoms with Gasteiger partial charge in [0.15, 0.2) is 5.96 Å². The Labute approximate surface area is 170 Å². The van der Waals surface area contributed by atoms with E-state index in [1.54, 1.807) is 11.3 Å². The molecule has 7 heteroatoms. The van der Waals surface area contributed by atoms with Crippen molar-refractivity contribution in [2.45, 2.75) is 46.2 Å². The van der Waals surface area contributed by atoms with Gasteiger partial charge in [-0.15, -0.1) is 22.7 Å². The van der Waals surface area contributed by atoms with Gasteiger partial charge in [0.05, 0.1) is 6.54 Å². The van der Waals surface area contributed by atoms with Gasteiger partial charge in [-0.1, -0.05) is 13.0 Å². The summed E-state index contributed by atoms with van der Waals surface area (Å²) in [7, 11) is 0. The first-order valence-electron chi connectivity index (χ1n) is 9.97. The third kappa shape index (κ3) is 6.59. The Bertz CT molecular complexity index is 687. The summed E-state index contributed by atoms with van der Waals surface area (Å²) >= 11 is 3.62. The highest BCUT2D eigenvalue weighted by Gasteiger charge is 2.19. The minimum atomic E-state index is 0.652. The summed E-state index contributed by atoms with van der Waals surface area (Å²) < 4.78 is 0. The zero-order chi connectivity index (χ0) is 18.9. The number of piperidine rings is 1.